The molecule has 0 saturated carbocycles. The van der Waals surface area contributed by atoms with Gasteiger partial charge in [-0.1, -0.05) is 57.2 Å². The van der Waals surface area contributed by atoms with Crippen molar-refractivity contribution in [1.29, 1.82) is 0 Å². The highest BCUT2D eigenvalue weighted by Gasteiger charge is 2.15. The second-order valence-corrected chi connectivity index (χ2v) is 9.12. The molecule has 0 bridgehead atoms. The van der Waals surface area contributed by atoms with Crippen molar-refractivity contribution < 1.29 is 4.79 Å². The van der Waals surface area contributed by atoms with Gasteiger partial charge in [-0.15, -0.1) is 0 Å². The van der Waals surface area contributed by atoms with E-state index in [2.05, 4.69) is 71.4 Å². The van der Waals surface area contributed by atoms with E-state index in [9.17, 15) is 4.79 Å². The standard InChI is InChI=1S/C26H25N5O/c1-16-6-5-7-23-27-22(15-31(16)23)24(32)30-25-28-20-13-10-18(14-21(20)29-25)17-8-11-19(12-9-17)26(2,3)4/h5-15H,1-4H3,(H2,28,29,30,32). The van der Waals surface area contributed by atoms with Crippen molar-refractivity contribution in [2.24, 2.45) is 0 Å². The lowest BCUT2D eigenvalue weighted by molar-refractivity contribution is 0.102. The van der Waals surface area contributed by atoms with Crippen molar-refractivity contribution >= 4 is 28.5 Å². The Kier molecular flexibility index (Phi) is 4.59. The van der Waals surface area contributed by atoms with E-state index in [-0.39, 0.29) is 11.3 Å². The summed E-state index contributed by atoms with van der Waals surface area (Å²) in [5.74, 6) is 0.101. The average molecular weight is 424 g/mol. The summed E-state index contributed by atoms with van der Waals surface area (Å²) in [6.07, 6.45) is 1.74. The molecule has 2 N–H and O–H groups in total. The molecule has 0 fully saturated rings. The van der Waals surface area contributed by atoms with E-state index in [1.54, 1.807) is 6.20 Å². The highest BCUT2D eigenvalue weighted by atomic mass is 16.2. The fourth-order valence-corrected chi connectivity index (χ4v) is 3.84. The first-order valence-electron chi connectivity index (χ1n) is 10.6. The van der Waals surface area contributed by atoms with Crippen molar-refractivity contribution in [2.45, 2.75) is 33.1 Å². The topological polar surface area (TPSA) is 75.1 Å². The van der Waals surface area contributed by atoms with Crippen molar-refractivity contribution in [3.63, 3.8) is 0 Å². The smallest absolute Gasteiger partial charge is 0.278 e. The number of anilines is 1. The Bertz CT molecular complexity index is 1450. The van der Waals surface area contributed by atoms with Crippen molar-refractivity contribution in [2.75, 3.05) is 5.32 Å². The van der Waals surface area contributed by atoms with Crippen LogP contribution in [0.4, 0.5) is 5.95 Å². The molecule has 1 amide bonds. The minimum Gasteiger partial charge on any atom is -0.324 e. The third kappa shape index (κ3) is 3.64. The van der Waals surface area contributed by atoms with Crippen LogP contribution in [-0.2, 0) is 5.41 Å². The summed E-state index contributed by atoms with van der Waals surface area (Å²) in [4.78, 5) is 24.9. The molecular formula is C26H25N5O. The van der Waals surface area contributed by atoms with Crippen molar-refractivity contribution in [3.8, 4) is 11.1 Å². The summed E-state index contributed by atoms with van der Waals surface area (Å²) in [6.45, 7) is 8.60. The van der Waals surface area contributed by atoms with Crippen molar-refractivity contribution in [1.82, 2.24) is 19.4 Å². The molecule has 5 rings (SSSR count). The van der Waals surface area contributed by atoms with Crippen LogP contribution < -0.4 is 5.32 Å². The Balaban J connectivity index is 1.40. The number of hydrogen-bond acceptors (Lipinski definition) is 3. The van der Waals surface area contributed by atoms with Crippen LogP contribution in [0.15, 0.2) is 66.9 Å². The summed E-state index contributed by atoms with van der Waals surface area (Å²) >= 11 is 0. The molecule has 0 aliphatic rings. The zero-order valence-electron chi connectivity index (χ0n) is 18.6. The van der Waals surface area contributed by atoms with Gasteiger partial charge in [-0.25, -0.2) is 9.97 Å². The molecule has 0 saturated heterocycles. The molecule has 2 aromatic carbocycles. The van der Waals surface area contributed by atoms with Crippen molar-refractivity contribution in [3.05, 3.63) is 83.8 Å². The molecule has 32 heavy (non-hydrogen) atoms. The molecule has 3 aromatic heterocycles. The lowest BCUT2D eigenvalue weighted by Gasteiger charge is -2.19. The molecule has 3 heterocycles. The van der Waals surface area contributed by atoms with Gasteiger partial charge < -0.3 is 9.38 Å². The number of hydrogen-bond donors (Lipinski definition) is 2. The van der Waals surface area contributed by atoms with E-state index >= 15 is 0 Å². The van der Waals surface area contributed by atoms with E-state index in [1.807, 2.05) is 41.7 Å². The number of imidazole rings is 2. The monoisotopic (exact) mass is 423 g/mol. The Labute approximate surface area is 186 Å². The van der Waals surface area contributed by atoms with Gasteiger partial charge in [-0.2, -0.15) is 0 Å². The first-order valence-corrected chi connectivity index (χ1v) is 10.6. The maximum Gasteiger partial charge on any atom is 0.278 e. The number of aromatic amines is 1. The minimum atomic E-state index is -0.301. The van der Waals surface area contributed by atoms with Crippen LogP contribution in [-0.4, -0.2) is 25.3 Å². The summed E-state index contributed by atoms with van der Waals surface area (Å²) in [6, 6.07) is 20.5. The summed E-state index contributed by atoms with van der Waals surface area (Å²) in [5, 5.41) is 2.83. The van der Waals surface area contributed by atoms with Crippen LogP contribution in [0, 0.1) is 6.92 Å². The highest BCUT2D eigenvalue weighted by molar-refractivity contribution is 6.03. The molecule has 0 aliphatic heterocycles. The van der Waals surface area contributed by atoms with Crippen LogP contribution in [0.1, 0.15) is 42.5 Å². The number of benzene rings is 2. The average Bonchev–Trinajstić information content (AvgIpc) is 3.37. The molecule has 0 aliphatic carbocycles. The predicted octanol–water partition coefficient (Wildman–Crippen LogP) is 5.74. The van der Waals surface area contributed by atoms with Crippen LogP contribution in [0.5, 0.6) is 0 Å². The quantitative estimate of drug-likeness (QED) is 0.389. The maximum atomic E-state index is 12.7. The van der Waals surface area contributed by atoms with E-state index in [0.29, 0.717) is 11.6 Å². The SMILES string of the molecule is Cc1cccc2nc(C(=O)Nc3nc4cc(-c5ccc(C(C)(C)C)cc5)ccc4[nH]3)cn12. The fraction of sp³-hybridized carbons (Fsp3) is 0.192. The number of carbonyl (C=O) groups is 1. The second-order valence-electron chi connectivity index (χ2n) is 9.12. The predicted molar refractivity (Wildman–Crippen MR) is 128 cm³/mol. The number of fused-ring (bicyclic) bond motifs is 2. The highest BCUT2D eigenvalue weighted by Crippen LogP contribution is 2.28. The van der Waals surface area contributed by atoms with Gasteiger partial charge in [0.1, 0.15) is 11.3 Å². The molecule has 0 atom stereocenters. The van der Waals surface area contributed by atoms with Crippen LogP contribution in [0.3, 0.4) is 0 Å². The third-order valence-corrected chi connectivity index (χ3v) is 5.73. The number of H-pyrrole nitrogens is 1. The molecule has 0 radical (unpaired) electrons. The van der Waals surface area contributed by atoms with Crippen LogP contribution in [0.2, 0.25) is 0 Å². The zero-order valence-corrected chi connectivity index (χ0v) is 18.6. The minimum absolute atomic E-state index is 0.122. The summed E-state index contributed by atoms with van der Waals surface area (Å²) in [5.41, 5.74) is 7.39. The third-order valence-electron chi connectivity index (χ3n) is 5.73. The van der Waals surface area contributed by atoms with E-state index in [0.717, 1.165) is 33.5 Å². The number of amides is 1. The normalized spacial score (nSPS) is 11.9. The molecule has 0 unspecified atom stereocenters. The molecule has 0 spiro atoms. The van der Waals surface area contributed by atoms with Gasteiger partial charge in [0.15, 0.2) is 0 Å². The first-order chi connectivity index (χ1) is 15.3. The number of aromatic nitrogens is 4. The number of nitrogens with one attached hydrogen (secondary N) is 2. The number of carbonyl (C=O) groups excluding carboxylic acids is 1. The molecule has 160 valence electrons. The molecule has 5 aromatic rings. The Hall–Kier alpha value is -3.93. The largest absolute Gasteiger partial charge is 0.324 e. The van der Waals surface area contributed by atoms with Gasteiger partial charge in [-0.3, -0.25) is 10.1 Å². The zero-order chi connectivity index (χ0) is 22.5. The fourth-order valence-electron chi connectivity index (χ4n) is 3.84. The lowest BCUT2D eigenvalue weighted by atomic mass is 9.86. The van der Waals surface area contributed by atoms with E-state index in [4.69, 9.17) is 0 Å². The van der Waals surface area contributed by atoms with E-state index in [1.165, 1.54) is 5.56 Å². The number of pyridine rings is 1. The first kappa shape index (κ1) is 20.0. The lowest BCUT2D eigenvalue weighted by Crippen LogP contribution is -2.13. The van der Waals surface area contributed by atoms with Gasteiger partial charge in [0, 0.05) is 11.9 Å². The molecular weight excluding hydrogens is 398 g/mol. The van der Waals surface area contributed by atoms with Crippen LogP contribution in [0.25, 0.3) is 27.8 Å². The molecule has 6 nitrogen and oxygen atoms in total. The second kappa shape index (κ2) is 7.34. The summed E-state index contributed by atoms with van der Waals surface area (Å²) in [7, 11) is 0. The Morgan fingerprint density at radius 2 is 1.72 bits per heavy atom. The van der Waals surface area contributed by atoms with Crippen LogP contribution >= 0.6 is 0 Å². The van der Waals surface area contributed by atoms with Gasteiger partial charge in [0.05, 0.1) is 11.0 Å². The number of rotatable bonds is 3. The van der Waals surface area contributed by atoms with Gasteiger partial charge in [0.2, 0.25) is 5.95 Å². The number of nitrogens with zero attached hydrogens (tertiary/aromatic N) is 3. The Morgan fingerprint density at radius 1 is 0.969 bits per heavy atom. The van der Waals surface area contributed by atoms with E-state index < -0.39 is 0 Å². The number of aryl methyl sites for hydroxylation is 1. The maximum absolute atomic E-state index is 12.7. The van der Waals surface area contributed by atoms with Gasteiger partial charge >= 0.3 is 0 Å². The Morgan fingerprint density at radius 3 is 2.44 bits per heavy atom. The van der Waals surface area contributed by atoms with Gasteiger partial charge in [-0.05, 0) is 53.3 Å². The van der Waals surface area contributed by atoms with Gasteiger partial charge in [0.25, 0.3) is 5.91 Å². The summed E-state index contributed by atoms with van der Waals surface area (Å²) < 4.78 is 1.89. The molecule has 6 heteroatoms.